The van der Waals surface area contributed by atoms with Crippen LogP contribution in [0, 0.1) is 0 Å². The molecule has 0 fully saturated rings. The van der Waals surface area contributed by atoms with Crippen LogP contribution in [0.4, 0.5) is 0 Å². The number of nitrogens with zero attached hydrogens (tertiary/aromatic N) is 4. The van der Waals surface area contributed by atoms with Gasteiger partial charge in [-0.05, 0) is 6.26 Å². The Balaban J connectivity index is 2.38. The summed E-state index contributed by atoms with van der Waals surface area (Å²) in [5.74, 6) is -0.338. The first-order valence-corrected chi connectivity index (χ1v) is 4.89. The lowest BCUT2D eigenvalue weighted by Crippen LogP contribution is -2.31. The van der Waals surface area contributed by atoms with E-state index in [1.165, 1.54) is 18.1 Å². The van der Waals surface area contributed by atoms with Crippen molar-refractivity contribution in [3.63, 3.8) is 0 Å². The Morgan fingerprint density at radius 1 is 1.54 bits per heavy atom. The van der Waals surface area contributed by atoms with Crippen molar-refractivity contribution in [2.24, 2.45) is 20.0 Å². The molecule has 2 rings (SSSR count). The number of rotatable bonds is 1. The Labute approximate surface area is 78.8 Å². The van der Waals surface area contributed by atoms with Crippen molar-refractivity contribution in [3.05, 3.63) is 0 Å². The Kier molecular flexibility index (Phi) is 2.05. The molecule has 66 valence electrons. The van der Waals surface area contributed by atoms with Crippen molar-refractivity contribution in [3.8, 4) is 0 Å². The predicted molar refractivity (Wildman–Crippen MR) is 54.2 cm³/mol. The number of carbonyl (C=O) groups excluding carboxylic acids is 1. The molecule has 2 aliphatic rings. The predicted octanol–water partition coefficient (Wildman–Crippen LogP) is 0.168. The van der Waals surface area contributed by atoms with Crippen LogP contribution in [0.25, 0.3) is 0 Å². The Bertz CT molecular complexity index is 369. The minimum atomic E-state index is -0.338. The summed E-state index contributed by atoms with van der Waals surface area (Å²) in [7, 11) is 0. The maximum atomic E-state index is 11.2. The van der Waals surface area contributed by atoms with E-state index in [0.717, 1.165) is 0 Å². The van der Waals surface area contributed by atoms with Crippen molar-refractivity contribution < 1.29 is 4.79 Å². The van der Waals surface area contributed by atoms with Crippen LogP contribution < -0.4 is 0 Å². The van der Waals surface area contributed by atoms with Crippen LogP contribution in [0.5, 0.6) is 0 Å². The fraction of sp³-hybridized carbons (Fsp3) is 0.286. The lowest BCUT2D eigenvalue weighted by molar-refractivity contribution is -0.111. The topological polar surface area (TPSA) is 66.5 Å². The van der Waals surface area contributed by atoms with E-state index in [1.807, 2.05) is 6.26 Å². The molecule has 2 aliphatic heterocycles. The molecular weight excluding hydrogens is 188 g/mol. The van der Waals surface area contributed by atoms with Gasteiger partial charge in [-0.25, -0.2) is 9.98 Å². The molecular formula is C7H6N4OS. The van der Waals surface area contributed by atoms with Crippen LogP contribution in [0.2, 0.25) is 0 Å². The quantitative estimate of drug-likeness (QED) is 0.597. The van der Waals surface area contributed by atoms with Gasteiger partial charge < -0.3 is 0 Å². The summed E-state index contributed by atoms with van der Waals surface area (Å²) in [6.07, 6.45) is 4.67. The lowest BCUT2D eigenvalue weighted by Gasteiger charge is -2.13. The smallest absolute Gasteiger partial charge is 0.265 e. The second-order valence-electron chi connectivity index (χ2n) is 2.38. The molecule has 0 saturated carbocycles. The highest BCUT2D eigenvalue weighted by Gasteiger charge is 2.23. The normalized spacial score (nSPS) is 25.3. The molecule has 0 N–H and O–H groups in total. The highest BCUT2D eigenvalue weighted by atomic mass is 32.2. The van der Waals surface area contributed by atoms with Gasteiger partial charge in [0.05, 0.1) is 6.21 Å². The zero-order valence-corrected chi connectivity index (χ0v) is 7.65. The molecule has 5 nitrogen and oxygen atoms in total. The van der Waals surface area contributed by atoms with E-state index in [1.54, 1.807) is 6.21 Å². The SMILES string of the molecule is CSC1N=CC2=NC=NC(=O)C2=N1. The second kappa shape index (κ2) is 3.21. The fourth-order valence-corrected chi connectivity index (χ4v) is 1.38. The molecule has 0 aliphatic carbocycles. The number of thioether (sulfide) groups is 1. The van der Waals surface area contributed by atoms with Crippen LogP contribution in [0.1, 0.15) is 0 Å². The summed E-state index contributed by atoms with van der Waals surface area (Å²) >= 11 is 1.46. The van der Waals surface area contributed by atoms with Crippen molar-refractivity contribution in [1.82, 2.24) is 0 Å². The van der Waals surface area contributed by atoms with Crippen molar-refractivity contribution in [2.45, 2.75) is 5.50 Å². The molecule has 0 radical (unpaired) electrons. The maximum Gasteiger partial charge on any atom is 0.299 e. The van der Waals surface area contributed by atoms with E-state index in [9.17, 15) is 4.79 Å². The van der Waals surface area contributed by atoms with Gasteiger partial charge in [0.25, 0.3) is 5.91 Å². The van der Waals surface area contributed by atoms with E-state index in [-0.39, 0.29) is 11.4 Å². The van der Waals surface area contributed by atoms with E-state index < -0.39 is 0 Å². The van der Waals surface area contributed by atoms with Crippen molar-refractivity contribution in [2.75, 3.05) is 6.26 Å². The van der Waals surface area contributed by atoms with Gasteiger partial charge >= 0.3 is 0 Å². The molecule has 13 heavy (non-hydrogen) atoms. The molecule has 0 aromatic carbocycles. The highest BCUT2D eigenvalue weighted by molar-refractivity contribution is 7.99. The van der Waals surface area contributed by atoms with Crippen molar-refractivity contribution in [1.29, 1.82) is 0 Å². The van der Waals surface area contributed by atoms with Gasteiger partial charge in [-0.3, -0.25) is 9.79 Å². The van der Waals surface area contributed by atoms with Crippen LogP contribution in [-0.2, 0) is 4.79 Å². The third-order valence-electron chi connectivity index (χ3n) is 1.59. The zero-order valence-electron chi connectivity index (χ0n) is 6.84. The van der Waals surface area contributed by atoms with Gasteiger partial charge in [-0.1, -0.05) is 0 Å². The minimum absolute atomic E-state index is 0.230. The maximum absolute atomic E-state index is 11.2. The number of hydrogen-bond donors (Lipinski definition) is 0. The van der Waals surface area contributed by atoms with Crippen LogP contribution in [0.15, 0.2) is 20.0 Å². The van der Waals surface area contributed by atoms with E-state index in [0.29, 0.717) is 11.4 Å². The minimum Gasteiger partial charge on any atom is -0.265 e. The van der Waals surface area contributed by atoms with Gasteiger partial charge in [0.2, 0.25) is 0 Å². The van der Waals surface area contributed by atoms with Crippen LogP contribution >= 0.6 is 11.8 Å². The summed E-state index contributed by atoms with van der Waals surface area (Å²) in [6.45, 7) is 0. The molecule has 0 saturated heterocycles. The molecule has 0 bridgehead atoms. The summed E-state index contributed by atoms with van der Waals surface area (Å²) in [6, 6.07) is 0. The lowest BCUT2D eigenvalue weighted by atomic mass is 10.2. The van der Waals surface area contributed by atoms with Gasteiger partial charge in [-0.2, -0.15) is 4.99 Å². The summed E-state index contributed by atoms with van der Waals surface area (Å²) in [5, 5.41) is 0. The van der Waals surface area contributed by atoms with Gasteiger partial charge in [0.15, 0.2) is 11.2 Å². The first-order chi connectivity index (χ1) is 6.31. The van der Waals surface area contributed by atoms with Crippen LogP contribution in [0.3, 0.4) is 0 Å². The molecule has 1 atom stereocenters. The summed E-state index contributed by atoms with van der Waals surface area (Å²) < 4.78 is 0. The monoisotopic (exact) mass is 194 g/mol. The Morgan fingerprint density at radius 3 is 3.15 bits per heavy atom. The zero-order chi connectivity index (χ0) is 9.26. The number of aliphatic imine (C=N–C) groups is 4. The molecule has 0 spiro atoms. The summed E-state index contributed by atoms with van der Waals surface area (Å²) in [5.41, 5.74) is 0.591. The molecule has 6 heteroatoms. The Morgan fingerprint density at radius 2 is 2.38 bits per heavy atom. The molecule has 0 aromatic rings. The average molecular weight is 194 g/mol. The average Bonchev–Trinajstić information content (AvgIpc) is 2.18. The largest absolute Gasteiger partial charge is 0.299 e. The van der Waals surface area contributed by atoms with E-state index in [2.05, 4.69) is 20.0 Å². The second-order valence-corrected chi connectivity index (χ2v) is 3.27. The standard InChI is InChI=1S/C7H6N4OS/c1-13-7-8-2-4-5(11-7)6(12)10-3-9-4/h2-3,7H,1H3. The molecule has 2 heterocycles. The fourth-order valence-electron chi connectivity index (χ4n) is 0.983. The van der Waals surface area contributed by atoms with Crippen molar-refractivity contribution >= 4 is 41.6 Å². The molecule has 1 unspecified atom stereocenters. The van der Waals surface area contributed by atoms with Gasteiger partial charge in [0, 0.05) is 0 Å². The van der Waals surface area contributed by atoms with Gasteiger partial charge in [-0.15, -0.1) is 11.8 Å². The number of carbonyl (C=O) groups is 1. The first-order valence-electron chi connectivity index (χ1n) is 3.60. The van der Waals surface area contributed by atoms with E-state index in [4.69, 9.17) is 0 Å². The molecule has 1 amide bonds. The van der Waals surface area contributed by atoms with Gasteiger partial charge in [0.1, 0.15) is 12.1 Å². The highest BCUT2D eigenvalue weighted by Crippen LogP contribution is 2.13. The third-order valence-corrected chi connectivity index (χ3v) is 2.24. The summed E-state index contributed by atoms with van der Waals surface area (Å²) in [4.78, 5) is 26.8. The number of hydrogen-bond acceptors (Lipinski definition) is 5. The molecule has 0 aromatic heterocycles. The Hall–Kier alpha value is -1.30. The number of amides is 1. The third kappa shape index (κ3) is 1.44. The number of fused-ring (bicyclic) bond motifs is 1. The first kappa shape index (κ1) is 8.31. The van der Waals surface area contributed by atoms with Crippen LogP contribution in [-0.4, -0.2) is 41.6 Å². The van der Waals surface area contributed by atoms with E-state index >= 15 is 0 Å².